The lowest BCUT2D eigenvalue weighted by Crippen LogP contribution is -2.51. The van der Waals surface area contributed by atoms with E-state index in [0.29, 0.717) is 11.8 Å². The molecule has 0 spiro atoms. The zero-order valence-electron chi connectivity index (χ0n) is 15.4. The Bertz CT molecular complexity index is 567. The Morgan fingerprint density at radius 2 is 1.96 bits per heavy atom. The van der Waals surface area contributed by atoms with Crippen molar-refractivity contribution in [2.24, 2.45) is 34.5 Å². The fourth-order valence-electron chi connectivity index (χ4n) is 7.17. The van der Waals surface area contributed by atoms with Gasteiger partial charge in [0, 0.05) is 0 Å². The molecule has 3 fully saturated rings. The van der Waals surface area contributed by atoms with Crippen LogP contribution in [0.15, 0.2) is 11.6 Å². The van der Waals surface area contributed by atoms with Crippen molar-refractivity contribution in [1.82, 2.24) is 0 Å². The van der Waals surface area contributed by atoms with Crippen LogP contribution in [-0.2, 0) is 9.53 Å². The third-order valence-electron chi connectivity index (χ3n) is 8.56. The zero-order chi connectivity index (χ0) is 17.1. The van der Waals surface area contributed by atoms with Gasteiger partial charge >= 0.3 is 5.97 Å². The van der Waals surface area contributed by atoms with E-state index in [0.717, 1.165) is 44.4 Å². The number of hydrogen-bond donors (Lipinski definition) is 1. The Morgan fingerprint density at radius 3 is 2.71 bits per heavy atom. The van der Waals surface area contributed by atoms with E-state index in [1.807, 2.05) is 0 Å². The summed E-state index contributed by atoms with van der Waals surface area (Å²) in [5.74, 6) is 2.21. The van der Waals surface area contributed by atoms with Crippen LogP contribution in [0, 0.1) is 34.5 Å². The van der Waals surface area contributed by atoms with Gasteiger partial charge in [-0.2, -0.15) is 0 Å². The van der Waals surface area contributed by atoms with Crippen molar-refractivity contribution < 1.29 is 14.6 Å². The summed E-state index contributed by atoms with van der Waals surface area (Å²) in [6, 6.07) is 0. The van der Waals surface area contributed by atoms with Crippen molar-refractivity contribution >= 4 is 5.97 Å². The molecule has 7 atom stereocenters. The van der Waals surface area contributed by atoms with Crippen LogP contribution in [-0.4, -0.2) is 24.3 Å². The number of carbonyl (C=O) groups excluding carboxylic acids is 1. The Morgan fingerprint density at radius 1 is 1.17 bits per heavy atom. The third kappa shape index (κ3) is 2.16. The number of hydrogen-bond acceptors (Lipinski definition) is 3. The quantitative estimate of drug-likeness (QED) is 0.581. The molecule has 3 heteroatoms. The van der Waals surface area contributed by atoms with E-state index >= 15 is 0 Å². The van der Waals surface area contributed by atoms with Gasteiger partial charge in [-0.15, -0.1) is 0 Å². The van der Waals surface area contributed by atoms with Gasteiger partial charge in [-0.3, -0.25) is 4.79 Å². The molecule has 0 unspecified atom stereocenters. The van der Waals surface area contributed by atoms with E-state index in [1.165, 1.54) is 25.5 Å². The van der Waals surface area contributed by atoms with Crippen molar-refractivity contribution in [2.75, 3.05) is 7.11 Å². The number of rotatable bonds is 1. The molecule has 4 rings (SSSR count). The summed E-state index contributed by atoms with van der Waals surface area (Å²) in [4.78, 5) is 12.3. The minimum atomic E-state index is -0.134. The van der Waals surface area contributed by atoms with E-state index in [1.54, 1.807) is 0 Å². The molecule has 0 saturated heterocycles. The van der Waals surface area contributed by atoms with Crippen molar-refractivity contribution in [3.05, 3.63) is 11.6 Å². The minimum Gasteiger partial charge on any atom is -0.469 e. The highest BCUT2D eigenvalue weighted by Gasteiger charge is 2.60. The maximum absolute atomic E-state index is 12.3. The zero-order valence-corrected chi connectivity index (χ0v) is 15.4. The van der Waals surface area contributed by atoms with E-state index in [9.17, 15) is 9.90 Å². The topological polar surface area (TPSA) is 46.5 Å². The van der Waals surface area contributed by atoms with E-state index in [-0.39, 0.29) is 28.8 Å². The summed E-state index contributed by atoms with van der Waals surface area (Å²) < 4.78 is 5.12. The molecule has 0 amide bonds. The number of methoxy groups -OCH3 is 1. The average molecular weight is 332 g/mol. The fourth-order valence-corrected chi connectivity index (χ4v) is 7.17. The number of allylic oxidation sites excluding steroid dienone is 1. The molecule has 3 nitrogen and oxygen atoms in total. The molecule has 3 saturated carbocycles. The van der Waals surface area contributed by atoms with Gasteiger partial charge in [-0.05, 0) is 80.0 Å². The highest BCUT2D eigenvalue weighted by molar-refractivity contribution is 5.73. The molecule has 0 heterocycles. The number of esters is 1. The van der Waals surface area contributed by atoms with Crippen LogP contribution < -0.4 is 0 Å². The number of aliphatic hydroxyl groups excluding tert-OH is 1. The van der Waals surface area contributed by atoms with Gasteiger partial charge in [0.05, 0.1) is 19.1 Å². The maximum Gasteiger partial charge on any atom is 0.309 e. The smallest absolute Gasteiger partial charge is 0.309 e. The number of carbonyl (C=O) groups is 1. The van der Waals surface area contributed by atoms with Gasteiger partial charge in [-0.1, -0.05) is 25.5 Å². The van der Waals surface area contributed by atoms with Crippen LogP contribution in [0.2, 0.25) is 0 Å². The Labute approximate surface area is 145 Å². The SMILES string of the molecule is COC(=O)[C@H]1CC[C@@H]2[C@@H]3CC=C4C[C@H](O)CC[C@]4(C)[C@H]3CC[C@@]12C. The molecule has 24 heavy (non-hydrogen) atoms. The Balaban J connectivity index is 1.64. The van der Waals surface area contributed by atoms with E-state index in [2.05, 4.69) is 19.9 Å². The average Bonchev–Trinajstić information content (AvgIpc) is 2.92. The van der Waals surface area contributed by atoms with E-state index < -0.39 is 0 Å². The van der Waals surface area contributed by atoms with Gasteiger partial charge in [0.2, 0.25) is 0 Å². The predicted molar refractivity (Wildman–Crippen MR) is 93.2 cm³/mol. The molecular formula is C21H32O3. The highest BCUT2D eigenvalue weighted by Crippen LogP contribution is 2.66. The number of ether oxygens (including phenoxy) is 1. The lowest BCUT2D eigenvalue weighted by atomic mass is 9.47. The fraction of sp³-hybridized carbons (Fsp3) is 0.857. The normalized spacial score (nSPS) is 50.3. The predicted octanol–water partition coefficient (Wildman–Crippen LogP) is 4.10. The second-order valence-corrected chi connectivity index (χ2v) is 9.35. The van der Waals surface area contributed by atoms with Crippen molar-refractivity contribution in [3.8, 4) is 0 Å². The molecule has 134 valence electrons. The van der Waals surface area contributed by atoms with E-state index in [4.69, 9.17) is 4.74 Å². The standard InChI is InChI=1S/C21H32O3/c1-20-10-8-14(22)12-13(20)4-5-15-16-6-7-18(19(23)24-3)21(16,2)11-9-17(15)20/h4,14-18,22H,5-12H2,1-3H3/t14-,15+,16-,17+,18-,20+,21-/m1/s1. The molecule has 0 aromatic rings. The largest absolute Gasteiger partial charge is 0.469 e. The van der Waals surface area contributed by atoms with Crippen LogP contribution in [0.4, 0.5) is 0 Å². The molecule has 1 N–H and O–H groups in total. The first kappa shape index (κ1) is 16.6. The van der Waals surface area contributed by atoms with Gasteiger partial charge in [-0.25, -0.2) is 0 Å². The first-order valence-corrected chi connectivity index (χ1v) is 9.85. The van der Waals surface area contributed by atoms with Crippen molar-refractivity contribution in [2.45, 2.75) is 71.3 Å². The second kappa shape index (κ2) is 5.59. The summed E-state index contributed by atoms with van der Waals surface area (Å²) in [6.45, 7) is 4.81. The first-order chi connectivity index (χ1) is 11.4. The van der Waals surface area contributed by atoms with Crippen molar-refractivity contribution in [3.63, 3.8) is 0 Å². The molecular weight excluding hydrogens is 300 g/mol. The molecule has 0 bridgehead atoms. The molecule has 4 aliphatic carbocycles. The van der Waals surface area contributed by atoms with Gasteiger partial charge in [0.1, 0.15) is 0 Å². The van der Waals surface area contributed by atoms with Crippen molar-refractivity contribution in [1.29, 1.82) is 0 Å². The lowest BCUT2D eigenvalue weighted by Gasteiger charge is -2.57. The Hall–Kier alpha value is -0.830. The number of aliphatic hydroxyl groups is 1. The molecule has 0 radical (unpaired) electrons. The number of fused-ring (bicyclic) bond motifs is 5. The monoisotopic (exact) mass is 332 g/mol. The molecule has 0 aromatic carbocycles. The summed E-state index contributed by atoms with van der Waals surface area (Å²) in [5.41, 5.74) is 1.94. The van der Waals surface area contributed by atoms with Gasteiger partial charge in [0.25, 0.3) is 0 Å². The molecule has 4 aliphatic rings. The van der Waals surface area contributed by atoms with Crippen LogP contribution in [0.3, 0.4) is 0 Å². The van der Waals surface area contributed by atoms with Crippen LogP contribution in [0.5, 0.6) is 0 Å². The van der Waals surface area contributed by atoms with Gasteiger partial charge < -0.3 is 9.84 Å². The summed E-state index contributed by atoms with van der Waals surface area (Å²) in [7, 11) is 1.54. The summed E-state index contributed by atoms with van der Waals surface area (Å²) >= 11 is 0. The first-order valence-electron chi connectivity index (χ1n) is 9.85. The summed E-state index contributed by atoms with van der Waals surface area (Å²) in [6.07, 6.45) is 11.0. The highest BCUT2D eigenvalue weighted by atomic mass is 16.5. The van der Waals surface area contributed by atoms with Crippen LogP contribution in [0.1, 0.15) is 65.2 Å². The Kier molecular flexibility index (Phi) is 3.87. The molecule has 0 aromatic heterocycles. The lowest BCUT2D eigenvalue weighted by molar-refractivity contribution is -0.152. The minimum absolute atomic E-state index is 0.0116. The second-order valence-electron chi connectivity index (χ2n) is 9.35. The summed E-state index contributed by atoms with van der Waals surface area (Å²) in [5, 5.41) is 10.1. The van der Waals surface area contributed by atoms with Crippen LogP contribution in [0.25, 0.3) is 0 Å². The van der Waals surface area contributed by atoms with Gasteiger partial charge in [0.15, 0.2) is 0 Å². The third-order valence-corrected chi connectivity index (χ3v) is 8.56. The molecule has 0 aliphatic heterocycles. The van der Waals surface area contributed by atoms with Crippen LogP contribution >= 0.6 is 0 Å². The maximum atomic E-state index is 12.3.